The van der Waals surface area contributed by atoms with E-state index in [4.69, 9.17) is 0 Å². The van der Waals surface area contributed by atoms with Crippen LogP contribution in [0.4, 0.5) is 10.5 Å². The highest BCUT2D eigenvalue weighted by molar-refractivity contribution is 6.12. The molecular formula is C18H23N5O3. The molecule has 0 spiro atoms. The fraction of sp³-hybridized carbons (Fsp3) is 0.500. The van der Waals surface area contributed by atoms with Gasteiger partial charge in [0.1, 0.15) is 6.54 Å². The van der Waals surface area contributed by atoms with Gasteiger partial charge in [0, 0.05) is 36.9 Å². The molecule has 2 heterocycles. The topological polar surface area (TPSA) is 93.8 Å². The number of hydrogen-bond donors (Lipinski definition) is 3. The van der Waals surface area contributed by atoms with Crippen LogP contribution in [0, 0.1) is 5.92 Å². The lowest BCUT2D eigenvalue weighted by atomic mass is 9.97. The van der Waals surface area contributed by atoms with E-state index in [2.05, 4.69) is 16.2 Å². The summed E-state index contributed by atoms with van der Waals surface area (Å²) >= 11 is 0. The Morgan fingerprint density at radius 1 is 1.19 bits per heavy atom. The van der Waals surface area contributed by atoms with E-state index in [9.17, 15) is 14.4 Å². The molecule has 1 aromatic carbocycles. The first-order valence-corrected chi connectivity index (χ1v) is 9.01. The molecule has 26 heavy (non-hydrogen) atoms. The van der Waals surface area contributed by atoms with Gasteiger partial charge < -0.3 is 4.90 Å². The lowest BCUT2D eigenvalue weighted by Gasteiger charge is -2.24. The molecule has 3 atom stereocenters. The van der Waals surface area contributed by atoms with Crippen molar-refractivity contribution in [2.45, 2.75) is 31.3 Å². The van der Waals surface area contributed by atoms with Gasteiger partial charge in [0.15, 0.2) is 0 Å². The third-order valence-corrected chi connectivity index (χ3v) is 5.58. The third-order valence-electron chi connectivity index (χ3n) is 5.58. The number of nitrogens with zero attached hydrogens (tertiary/aromatic N) is 2. The first kappa shape index (κ1) is 17.0. The quantitative estimate of drug-likeness (QED) is 0.681. The highest BCUT2D eigenvalue weighted by atomic mass is 16.2. The second-order valence-electron chi connectivity index (χ2n) is 7.27. The van der Waals surface area contributed by atoms with Crippen LogP contribution in [0.1, 0.15) is 29.6 Å². The van der Waals surface area contributed by atoms with Crippen LogP contribution >= 0.6 is 0 Å². The number of anilines is 1. The van der Waals surface area contributed by atoms with Crippen molar-refractivity contribution < 1.29 is 14.4 Å². The number of benzene rings is 1. The number of imide groups is 1. The average molecular weight is 357 g/mol. The number of urea groups is 1. The van der Waals surface area contributed by atoms with Gasteiger partial charge in [0.2, 0.25) is 5.91 Å². The summed E-state index contributed by atoms with van der Waals surface area (Å²) in [5, 5.41) is 2.24. The fourth-order valence-corrected chi connectivity index (χ4v) is 4.18. The molecule has 3 unspecified atom stereocenters. The molecule has 0 aromatic heterocycles. The molecule has 0 radical (unpaired) electrons. The maximum Gasteiger partial charge on any atom is 0.329 e. The number of carbonyl (C=O) groups excluding carboxylic acids is 3. The van der Waals surface area contributed by atoms with E-state index < -0.39 is 6.03 Å². The number of rotatable bonds is 4. The lowest BCUT2D eigenvalue weighted by molar-refractivity contribution is -0.117. The van der Waals surface area contributed by atoms with Crippen LogP contribution in [-0.2, 0) is 4.79 Å². The van der Waals surface area contributed by atoms with Gasteiger partial charge >= 0.3 is 6.03 Å². The minimum absolute atomic E-state index is 0.00886. The smallest absolute Gasteiger partial charge is 0.329 e. The van der Waals surface area contributed by atoms with Gasteiger partial charge in [-0.15, -0.1) is 0 Å². The van der Waals surface area contributed by atoms with Crippen LogP contribution in [0.3, 0.4) is 0 Å². The minimum atomic E-state index is -0.433. The second-order valence-corrected chi connectivity index (χ2v) is 7.27. The van der Waals surface area contributed by atoms with Gasteiger partial charge in [0.25, 0.3) is 5.91 Å². The first-order valence-electron chi connectivity index (χ1n) is 9.01. The molecule has 4 rings (SSSR count). The molecule has 1 aromatic rings. The monoisotopic (exact) mass is 357 g/mol. The normalized spacial score (nSPS) is 27.6. The zero-order valence-electron chi connectivity index (χ0n) is 14.7. The van der Waals surface area contributed by atoms with Crippen molar-refractivity contribution in [3.8, 4) is 0 Å². The van der Waals surface area contributed by atoms with Crippen LogP contribution in [-0.4, -0.2) is 55.0 Å². The van der Waals surface area contributed by atoms with Crippen molar-refractivity contribution in [2.75, 3.05) is 25.0 Å². The fourth-order valence-electron chi connectivity index (χ4n) is 4.18. The maximum absolute atomic E-state index is 12.7. The van der Waals surface area contributed by atoms with Crippen molar-refractivity contribution >= 4 is 23.5 Å². The Morgan fingerprint density at radius 3 is 2.65 bits per heavy atom. The molecule has 2 saturated heterocycles. The number of hydrazine groups is 1. The minimum Gasteiger partial charge on any atom is -0.340 e. The van der Waals surface area contributed by atoms with Crippen molar-refractivity contribution in [3.63, 3.8) is 0 Å². The predicted octanol–water partition coefficient (Wildman–Crippen LogP) is 0.460. The molecule has 3 aliphatic rings. The summed E-state index contributed by atoms with van der Waals surface area (Å²) in [6, 6.07) is 7.15. The Hall–Kier alpha value is -2.45. The highest BCUT2D eigenvalue weighted by Crippen LogP contribution is 2.31. The van der Waals surface area contributed by atoms with E-state index >= 15 is 0 Å². The van der Waals surface area contributed by atoms with Gasteiger partial charge in [-0.3, -0.25) is 30.7 Å². The van der Waals surface area contributed by atoms with Gasteiger partial charge in [-0.25, -0.2) is 4.79 Å². The van der Waals surface area contributed by atoms with Gasteiger partial charge in [-0.05, 0) is 43.0 Å². The summed E-state index contributed by atoms with van der Waals surface area (Å²) in [7, 11) is 1.81. The van der Waals surface area contributed by atoms with Gasteiger partial charge in [0.05, 0.1) is 0 Å². The zero-order chi connectivity index (χ0) is 18.3. The molecule has 4 amide bonds. The van der Waals surface area contributed by atoms with Crippen LogP contribution < -0.4 is 21.1 Å². The van der Waals surface area contributed by atoms with Crippen LogP contribution in [0.2, 0.25) is 0 Å². The Balaban J connectivity index is 1.40. The van der Waals surface area contributed by atoms with Crippen LogP contribution in [0.25, 0.3) is 0 Å². The molecule has 8 nitrogen and oxygen atoms in total. The summed E-state index contributed by atoms with van der Waals surface area (Å²) in [4.78, 5) is 38.8. The molecule has 1 saturated carbocycles. The third kappa shape index (κ3) is 3.06. The van der Waals surface area contributed by atoms with Crippen molar-refractivity contribution in [2.24, 2.45) is 5.92 Å². The zero-order valence-corrected chi connectivity index (χ0v) is 14.7. The molecule has 138 valence electrons. The number of likely N-dealkylation sites (N-methyl/N-ethyl adjacent to an activating group) is 1. The number of carbonyl (C=O) groups is 3. The standard InChI is InChI=1S/C18H23N5O3/c1-22(9-15-13-3-2-4-14(13)20-21-15)17(25)11-5-7-12(8-6-11)23-10-16(24)19-18(23)26/h5-8,13-15,20-21H,2-4,9-10H2,1H3,(H,19,24,26). The molecule has 3 fully saturated rings. The number of hydrogen-bond acceptors (Lipinski definition) is 5. The molecule has 2 aliphatic heterocycles. The summed E-state index contributed by atoms with van der Waals surface area (Å²) in [6.45, 7) is 0.659. The Kier molecular flexibility index (Phi) is 4.37. The van der Waals surface area contributed by atoms with Crippen LogP contribution in [0.15, 0.2) is 24.3 Å². The highest BCUT2D eigenvalue weighted by Gasteiger charge is 2.39. The van der Waals surface area contributed by atoms with Crippen molar-refractivity contribution in [3.05, 3.63) is 29.8 Å². The SMILES string of the molecule is CN(CC1NNC2CCCC21)C(=O)c1ccc(N2CC(=O)NC2=O)cc1. The van der Waals surface area contributed by atoms with Crippen molar-refractivity contribution in [1.29, 1.82) is 0 Å². The van der Waals surface area contributed by atoms with E-state index in [-0.39, 0.29) is 24.4 Å². The second kappa shape index (κ2) is 6.69. The average Bonchev–Trinajstić information content (AvgIpc) is 3.32. The van der Waals surface area contributed by atoms with Crippen molar-refractivity contribution in [1.82, 2.24) is 21.1 Å². The summed E-state index contributed by atoms with van der Waals surface area (Å²) in [5.41, 5.74) is 7.83. The van der Waals surface area contributed by atoms with E-state index in [0.717, 1.165) is 0 Å². The summed E-state index contributed by atoms with van der Waals surface area (Å²) in [5.74, 6) is 0.207. The van der Waals surface area contributed by atoms with E-state index in [0.29, 0.717) is 29.8 Å². The Bertz CT molecular complexity index is 735. The molecule has 1 aliphatic carbocycles. The van der Waals surface area contributed by atoms with Gasteiger partial charge in [-0.1, -0.05) is 6.42 Å². The first-order chi connectivity index (χ1) is 12.5. The van der Waals surface area contributed by atoms with E-state index in [1.807, 2.05) is 7.05 Å². The molecule has 0 bridgehead atoms. The maximum atomic E-state index is 12.7. The molecular weight excluding hydrogens is 334 g/mol. The number of fused-ring (bicyclic) bond motifs is 1. The predicted molar refractivity (Wildman–Crippen MR) is 95.5 cm³/mol. The van der Waals surface area contributed by atoms with E-state index in [1.54, 1.807) is 29.2 Å². The lowest BCUT2D eigenvalue weighted by Crippen LogP contribution is -2.43. The number of nitrogens with one attached hydrogen (secondary N) is 3. The van der Waals surface area contributed by atoms with E-state index in [1.165, 1.54) is 24.2 Å². The Labute approximate surface area is 151 Å². The molecule has 3 N–H and O–H groups in total. The summed E-state index contributed by atoms with van der Waals surface area (Å²) in [6.07, 6.45) is 3.63. The number of amides is 4. The molecule has 8 heteroatoms. The summed E-state index contributed by atoms with van der Waals surface area (Å²) < 4.78 is 0. The largest absolute Gasteiger partial charge is 0.340 e. The van der Waals surface area contributed by atoms with Crippen LogP contribution in [0.5, 0.6) is 0 Å². The van der Waals surface area contributed by atoms with Gasteiger partial charge in [-0.2, -0.15) is 0 Å². The Morgan fingerprint density at radius 2 is 1.96 bits per heavy atom.